The molecule has 1 saturated carbocycles. The van der Waals surface area contributed by atoms with Crippen LogP contribution in [0.5, 0.6) is 0 Å². The lowest BCUT2D eigenvalue weighted by Crippen LogP contribution is -2.30. The van der Waals surface area contributed by atoms with Crippen LogP contribution in [0.4, 0.5) is 0 Å². The molecule has 0 spiro atoms. The second-order valence-electron chi connectivity index (χ2n) is 4.78. The van der Waals surface area contributed by atoms with Crippen molar-refractivity contribution >= 4 is 17.5 Å². The fraction of sp³-hybridized carbons (Fsp3) is 0.538. The molecule has 2 rings (SSSR count). The zero-order valence-electron chi connectivity index (χ0n) is 10.0. The molecular weight excluding hydrogens is 236 g/mol. The van der Waals surface area contributed by atoms with E-state index in [1.807, 2.05) is 0 Å². The Balaban J connectivity index is 1.90. The molecule has 3 nitrogen and oxygen atoms in total. The summed E-state index contributed by atoms with van der Waals surface area (Å²) in [4.78, 5) is 15.8. The van der Waals surface area contributed by atoms with Gasteiger partial charge < -0.3 is 5.32 Å². The zero-order valence-corrected chi connectivity index (χ0v) is 10.8. The number of halogens is 1. The Morgan fingerprint density at radius 1 is 1.53 bits per heavy atom. The molecule has 1 N–H and O–H groups in total. The van der Waals surface area contributed by atoms with Crippen molar-refractivity contribution in [3.63, 3.8) is 0 Å². The summed E-state index contributed by atoms with van der Waals surface area (Å²) < 4.78 is 0. The van der Waals surface area contributed by atoms with E-state index in [4.69, 9.17) is 11.6 Å². The quantitative estimate of drug-likeness (QED) is 0.819. The number of rotatable bonds is 5. The third kappa shape index (κ3) is 3.19. The Morgan fingerprint density at radius 2 is 2.29 bits per heavy atom. The smallest absolute Gasteiger partial charge is 0.269 e. The summed E-state index contributed by atoms with van der Waals surface area (Å²) in [6.07, 6.45) is 4.82. The Labute approximate surface area is 107 Å². The van der Waals surface area contributed by atoms with Crippen LogP contribution in [0, 0.1) is 5.41 Å². The van der Waals surface area contributed by atoms with Gasteiger partial charge in [-0.3, -0.25) is 4.79 Å². The van der Waals surface area contributed by atoms with Crippen molar-refractivity contribution in [3.8, 4) is 0 Å². The molecule has 1 fully saturated rings. The Hall–Kier alpha value is -1.09. The summed E-state index contributed by atoms with van der Waals surface area (Å²) in [7, 11) is 0. The highest BCUT2D eigenvalue weighted by Gasteiger charge is 2.41. The minimum Gasteiger partial charge on any atom is -0.350 e. The lowest BCUT2D eigenvalue weighted by Gasteiger charge is -2.14. The lowest BCUT2D eigenvalue weighted by molar-refractivity contribution is 0.0939. The number of carbonyl (C=O) groups excluding carboxylic acids is 1. The van der Waals surface area contributed by atoms with Gasteiger partial charge in [-0.2, -0.15) is 0 Å². The summed E-state index contributed by atoms with van der Waals surface area (Å²) in [6, 6.07) is 5.08. The van der Waals surface area contributed by atoms with Gasteiger partial charge in [-0.1, -0.05) is 31.0 Å². The van der Waals surface area contributed by atoms with Gasteiger partial charge >= 0.3 is 0 Å². The van der Waals surface area contributed by atoms with E-state index in [0.717, 1.165) is 6.54 Å². The van der Waals surface area contributed by atoms with Crippen molar-refractivity contribution in [2.75, 3.05) is 6.54 Å². The predicted molar refractivity (Wildman–Crippen MR) is 68.2 cm³/mol. The first-order valence-electron chi connectivity index (χ1n) is 6.06. The van der Waals surface area contributed by atoms with E-state index in [9.17, 15) is 4.79 Å². The maximum absolute atomic E-state index is 11.8. The molecule has 0 aromatic carbocycles. The minimum absolute atomic E-state index is 0.130. The number of pyridine rings is 1. The molecule has 1 aliphatic carbocycles. The molecule has 1 amide bonds. The summed E-state index contributed by atoms with van der Waals surface area (Å²) in [6.45, 7) is 2.94. The van der Waals surface area contributed by atoms with Crippen molar-refractivity contribution in [2.45, 2.75) is 32.6 Å². The van der Waals surface area contributed by atoms with Crippen molar-refractivity contribution in [2.24, 2.45) is 5.41 Å². The molecule has 1 aromatic heterocycles. The first-order chi connectivity index (χ1) is 8.15. The van der Waals surface area contributed by atoms with Crippen LogP contribution >= 0.6 is 11.6 Å². The number of aromatic nitrogens is 1. The molecule has 4 heteroatoms. The number of nitrogens with one attached hydrogen (secondary N) is 1. The van der Waals surface area contributed by atoms with E-state index in [2.05, 4.69) is 17.2 Å². The molecule has 0 bridgehead atoms. The number of carbonyl (C=O) groups is 1. The van der Waals surface area contributed by atoms with Gasteiger partial charge in [-0.25, -0.2) is 4.98 Å². The van der Waals surface area contributed by atoms with Crippen LogP contribution < -0.4 is 5.32 Å². The molecule has 0 saturated heterocycles. The second kappa shape index (κ2) is 5.05. The van der Waals surface area contributed by atoms with Gasteiger partial charge in [0.2, 0.25) is 0 Å². The Kier molecular flexibility index (Phi) is 3.67. The second-order valence-corrected chi connectivity index (χ2v) is 5.17. The minimum atomic E-state index is -0.130. The predicted octanol–water partition coefficient (Wildman–Crippen LogP) is 3.05. The van der Waals surface area contributed by atoms with Gasteiger partial charge in [0.15, 0.2) is 0 Å². The molecule has 0 radical (unpaired) electrons. The number of nitrogens with zero attached hydrogens (tertiary/aromatic N) is 1. The Morgan fingerprint density at radius 3 is 2.88 bits per heavy atom. The topological polar surface area (TPSA) is 42.0 Å². The highest BCUT2D eigenvalue weighted by Crippen LogP contribution is 2.48. The van der Waals surface area contributed by atoms with E-state index < -0.39 is 0 Å². The summed E-state index contributed by atoms with van der Waals surface area (Å²) in [5, 5.41) is 3.31. The fourth-order valence-electron chi connectivity index (χ4n) is 2.12. The van der Waals surface area contributed by atoms with Crippen LogP contribution in [-0.2, 0) is 0 Å². The van der Waals surface area contributed by atoms with E-state index in [1.165, 1.54) is 25.7 Å². The first kappa shape index (κ1) is 12.4. The van der Waals surface area contributed by atoms with Crippen LogP contribution in [0.2, 0.25) is 5.15 Å². The van der Waals surface area contributed by atoms with Gasteiger partial charge in [0, 0.05) is 6.54 Å². The molecule has 0 atom stereocenters. The van der Waals surface area contributed by atoms with E-state index >= 15 is 0 Å². The lowest BCUT2D eigenvalue weighted by atomic mass is 10.0. The molecule has 0 unspecified atom stereocenters. The molecule has 1 heterocycles. The van der Waals surface area contributed by atoms with E-state index in [1.54, 1.807) is 18.2 Å². The fourth-order valence-corrected chi connectivity index (χ4v) is 2.28. The van der Waals surface area contributed by atoms with Crippen molar-refractivity contribution < 1.29 is 4.79 Å². The van der Waals surface area contributed by atoms with Crippen molar-refractivity contribution in [1.29, 1.82) is 0 Å². The van der Waals surface area contributed by atoms with Gasteiger partial charge in [0.05, 0.1) is 0 Å². The molecule has 92 valence electrons. The van der Waals surface area contributed by atoms with Gasteiger partial charge in [-0.15, -0.1) is 0 Å². The SMILES string of the molecule is CCCC1(CNC(=O)c2cccc(Cl)n2)CC1. The van der Waals surface area contributed by atoms with Gasteiger partial charge in [0.25, 0.3) is 5.91 Å². The van der Waals surface area contributed by atoms with Crippen molar-refractivity contribution in [1.82, 2.24) is 10.3 Å². The Bertz CT molecular complexity index is 416. The average Bonchev–Trinajstić information content (AvgIpc) is 3.07. The van der Waals surface area contributed by atoms with Gasteiger partial charge in [-0.05, 0) is 36.8 Å². The molecule has 1 aliphatic rings. The molecule has 17 heavy (non-hydrogen) atoms. The zero-order chi connectivity index (χ0) is 12.3. The monoisotopic (exact) mass is 252 g/mol. The number of hydrogen-bond acceptors (Lipinski definition) is 2. The maximum atomic E-state index is 11.8. The van der Waals surface area contributed by atoms with Crippen molar-refractivity contribution in [3.05, 3.63) is 29.0 Å². The van der Waals surface area contributed by atoms with Crippen LogP contribution in [-0.4, -0.2) is 17.4 Å². The molecular formula is C13H17ClN2O. The third-order valence-electron chi connectivity index (χ3n) is 3.31. The number of amides is 1. The third-order valence-corrected chi connectivity index (χ3v) is 3.52. The van der Waals surface area contributed by atoms with Crippen LogP contribution in [0.1, 0.15) is 43.1 Å². The number of hydrogen-bond donors (Lipinski definition) is 1. The summed E-state index contributed by atoms with van der Waals surface area (Å²) >= 11 is 5.75. The van der Waals surface area contributed by atoms with Gasteiger partial charge in [0.1, 0.15) is 10.8 Å². The first-order valence-corrected chi connectivity index (χ1v) is 6.44. The van der Waals surface area contributed by atoms with Crippen LogP contribution in [0.3, 0.4) is 0 Å². The van der Waals surface area contributed by atoms with Crippen LogP contribution in [0.25, 0.3) is 0 Å². The molecule has 1 aromatic rings. The van der Waals surface area contributed by atoms with E-state index in [0.29, 0.717) is 16.3 Å². The largest absolute Gasteiger partial charge is 0.350 e. The van der Waals surface area contributed by atoms with E-state index in [-0.39, 0.29) is 5.91 Å². The standard InChI is InChI=1S/C13H17ClN2O/c1-2-6-13(7-8-13)9-15-12(17)10-4-3-5-11(14)16-10/h3-5H,2,6-9H2,1H3,(H,15,17). The summed E-state index contributed by atoms with van der Waals surface area (Å²) in [5.41, 5.74) is 0.757. The van der Waals surface area contributed by atoms with Crippen LogP contribution in [0.15, 0.2) is 18.2 Å². The summed E-state index contributed by atoms with van der Waals surface area (Å²) in [5.74, 6) is -0.130. The molecule has 0 aliphatic heterocycles. The highest BCUT2D eigenvalue weighted by molar-refractivity contribution is 6.29. The normalized spacial score (nSPS) is 16.6. The highest BCUT2D eigenvalue weighted by atomic mass is 35.5. The maximum Gasteiger partial charge on any atom is 0.269 e. The average molecular weight is 253 g/mol.